The molecule has 0 spiro atoms. The zero-order valence-corrected chi connectivity index (χ0v) is 20.5. The molecule has 4 heterocycles. The summed E-state index contributed by atoms with van der Waals surface area (Å²) < 4.78 is 6.76. The number of halogens is 1. The lowest BCUT2D eigenvalue weighted by molar-refractivity contribution is 0.0712. The van der Waals surface area contributed by atoms with Crippen LogP contribution in [0.1, 0.15) is 23.2 Å². The van der Waals surface area contributed by atoms with E-state index in [-0.39, 0.29) is 5.91 Å². The molecule has 3 saturated heterocycles. The first-order valence-corrected chi connectivity index (χ1v) is 12.7. The summed E-state index contributed by atoms with van der Waals surface area (Å²) in [6, 6.07) is 11.7. The van der Waals surface area contributed by atoms with Gasteiger partial charge in [-0.05, 0) is 49.2 Å². The minimum absolute atomic E-state index is 0.0854. The van der Waals surface area contributed by atoms with Gasteiger partial charge in [-0.3, -0.25) is 9.69 Å². The van der Waals surface area contributed by atoms with Gasteiger partial charge >= 0.3 is 0 Å². The van der Waals surface area contributed by atoms with Crippen LogP contribution in [-0.4, -0.2) is 97.5 Å². The van der Waals surface area contributed by atoms with E-state index in [1.54, 1.807) is 0 Å². The maximum atomic E-state index is 12.7. The van der Waals surface area contributed by atoms with Crippen molar-refractivity contribution in [2.75, 3.05) is 75.3 Å². The smallest absolute Gasteiger partial charge is 0.253 e. The molecule has 1 amide bonds. The number of hydrogen-bond acceptors (Lipinski definition) is 7. The molecule has 0 aliphatic carbocycles. The molecule has 0 bridgehead atoms. The third kappa shape index (κ3) is 5.47. The molecule has 0 N–H and O–H groups in total. The molecule has 0 saturated carbocycles. The molecule has 0 radical (unpaired) electrons. The summed E-state index contributed by atoms with van der Waals surface area (Å²) >= 11 is 3.42. The van der Waals surface area contributed by atoms with Crippen LogP contribution in [0.3, 0.4) is 0 Å². The van der Waals surface area contributed by atoms with Crippen molar-refractivity contribution >= 4 is 33.5 Å². The van der Waals surface area contributed by atoms with E-state index < -0.39 is 0 Å². The fourth-order valence-corrected chi connectivity index (χ4v) is 5.07. The van der Waals surface area contributed by atoms with Crippen LogP contribution in [0, 0.1) is 0 Å². The number of rotatable bonds is 5. The lowest BCUT2D eigenvalue weighted by atomic mass is 10.2. The average molecular weight is 515 g/mol. The molecule has 9 heteroatoms. The Hall–Kier alpha value is -2.23. The van der Waals surface area contributed by atoms with Crippen LogP contribution in [0.2, 0.25) is 0 Å². The molecule has 3 aliphatic heterocycles. The normalized spacial score (nSPS) is 22.1. The molecule has 3 aliphatic rings. The number of carbonyl (C=O) groups excluding carboxylic acids is 1. The van der Waals surface area contributed by atoms with Gasteiger partial charge in [-0.1, -0.05) is 15.9 Å². The van der Waals surface area contributed by atoms with Gasteiger partial charge in [0.2, 0.25) is 0 Å². The second kappa shape index (κ2) is 10.4. The third-order valence-electron chi connectivity index (χ3n) is 6.80. The summed E-state index contributed by atoms with van der Waals surface area (Å²) in [5.74, 6) is 1.91. The molecular formula is C24H31BrN6O2. The van der Waals surface area contributed by atoms with Crippen molar-refractivity contribution in [3.05, 3.63) is 46.4 Å². The molecule has 3 fully saturated rings. The fourth-order valence-electron chi connectivity index (χ4n) is 4.81. The maximum Gasteiger partial charge on any atom is 0.253 e. The van der Waals surface area contributed by atoms with Crippen molar-refractivity contribution in [1.29, 1.82) is 0 Å². The van der Waals surface area contributed by atoms with Crippen LogP contribution >= 0.6 is 15.9 Å². The fraction of sp³-hybridized carbons (Fsp3) is 0.542. The lowest BCUT2D eigenvalue weighted by Gasteiger charge is -2.37. The summed E-state index contributed by atoms with van der Waals surface area (Å²) in [6.07, 6.45) is 2.81. The van der Waals surface area contributed by atoms with Crippen LogP contribution in [0.4, 0.5) is 11.6 Å². The predicted octanol–water partition coefficient (Wildman–Crippen LogP) is 2.50. The Morgan fingerprint density at radius 2 is 1.48 bits per heavy atom. The topological polar surface area (TPSA) is 65.0 Å². The minimum atomic E-state index is 0.0854. The van der Waals surface area contributed by atoms with Crippen LogP contribution in [0.15, 0.2) is 40.9 Å². The number of anilines is 2. The van der Waals surface area contributed by atoms with Gasteiger partial charge in [-0.2, -0.15) is 0 Å². The van der Waals surface area contributed by atoms with Gasteiger partial charge in [0.15, 0.2) is 11.6 Å². The molecule has 2 aromatic rings. The Labute approximate surface area is 203 Å². The number of nitrogens with zero attached hydrogens (tertiary/aromatic N) is 6. The van der Waals surface area contributed by atoms with E-state index in [1.165, 1.54) is 12.8 Å². The van der Waals surface area contributed by atoms with Crippen LogP contribution in [0.25, 0.3) is 0 Å². The molecule has 176 valence electrons. The maximum absolute atomic E-state index is 12.7. The number of hydrogen-bond donors (Lipinski definition) is 0. The van der Waals surface area contributed by atoms with Crippen molar-refractivity contribution in [2.45, 2.75) is 18.9 Å². The number of benzene rings is 1. The molecule has 8 nitrogen and oxygen atoms in total. The molecule has 1 atom stereocenters. The van der Waals surface area contributed by atoms with E-state index in [9.17, 15) is 4.79 Å². The monoisotopic (exact) mass is 514 g/mol. The summed E-state index contributed by atoms with van der Waals surface area (Å²) in [4.78, 5) is 21.7. The molecule has 1 aromatic carbocycles. The highest BCUT2D eigenvalue weighted by Gasteiger charge is 2.25. The second-order valence-corrected chi connectivity index (χ2v) is 9.87. The van der Waals surface area contributed by atoms with Crippen molar-refractivity contribution in [1.82, 2.24) is 20.0 Å². The van der Waals surface area contributed by atoms with Crippen LogP contribution in [-0.2, 0) is 4.74 Å². The number of ether oxygens (including phenoxy) is 1. The highest BCUT2D eigenvalue weighted by atomic mass is 79.9. The third-order valence-corrected chi connectivity index (χ3v) is 7.33. The summed E-state index contributed by atoms with van der Waals surface area (Å²) in [5.41, 5.74) is 0.728. The Morgan fingerprint density at radius 1 is 0.879 bits per heavy atom. The van der Waals surface area contributed by atoms with Gasteiger partial charge in [-0.25, -0.2) is 0 Å². The van der Waals surface area contributed by atoms with E-state index in [2.05, 4.69) is 53.0 Å². The predicted molar refractivity (Wildman–Crippen MR) is 132 cm³/mol. The largest absolute Gasteiger partial charge is 0.377 e. The first-order chi connectivity index (χ1) is 16.2. The Bertz CT molecular complexity index is 919. The van der Waals surface area contributed by atoms with Crippen molar-refractivity contribution in [2.24, 2.45) is 0 Å². The molecule has 1 unspecified atom stereocenters. The Kier molecular flexibility index (Phi) is 7.08. The number of carbonyl (C=O) groups is 1. The minimum Gasteiger partial charge on any atom is -0.377 e. The highest BCUT2D eigenvalue weighted by Crippen LogP contribution is 2.20. The quantitative estimate of drug-likeness (QED) is 0.607. The average Bonchev–Trinajstić information content (AvgIpc) is 3.38. The van der Waals surface area contributed by atoms with Crippen molar-refractivity contribution in [3.8, 4) is 0 Å². The van der Waals surface area contributed by atoms with E-state index in [1.807, 2.05) is 29.2 Å². The lowest BCUT2D eigenvalue weighted by Crippen LogP contribution is -2.49. The standard InChI is InChI=1S/C24H31BrN6O2/c25-20-5-3-19(4-6-20)24(32)31-15-13-30(14-16-31)23-8-7-22(26-27-23)29-11-9-28(10-12-29)18-21-2-1-17-33-21/h3-8,21H,1-2,9-18H2. The van der Waals surface area contributed by atoms with E-state index in [0.717, 1.165) is 74.1 Å². The van der Waals surface area contributed by atoms with Gasteiger partial charge in [0, 0.05) is 75.5 Å². The van der Waals surface area contributed by atoms with Gasteiger partial charge in [0.1, 0.15) is 0 Å². The van der Waals surface area contributed by atoms with E-state index in [4.69, 9.17) is 4.74 Å². The number of aromatic nitrogens is 2. The Morgan fingerprint density at radius 3 is 2.03 bits per heavy atom. The SMILES string of the molecule is O=C(c1ccc(Br)cc1)N1CCN(c2ccc(N3CCN(CC4CCCO4)CC3)nn2)CC1. The second-order valence-electron chi connectivity index (χ2n) is 8.96. The van der Waals surface area contributed by atoms with Gasteiger partial charge < -0.3 is 19.4 Å². The number of piperazine rings is 2. The first-order valence-electron chi connectivity index (χ1n) is 11.9. The van der Waals surface area contributed by atoms with E-state index >= 15 is 0 Å². The zero-order valence-electron chi connectivity index (χ0n) is 18.9. The summed E-state index contributed by atoms with van der Waals surface area (Å²) in [5, 5.41) is 9.03. The molecule has 33 heavy (non-hydrogen) atoms. The van der Waals surface area contributed by atoms with Crippen LogP contribution in [0.5, 0.6) is 0 Å². The van der Waals surface area contributed by atoms with Gasteiger partial charge in [-0.15, -0.1) is 10.2 Å². The molecule has 5 rings (SSSR count). The van der Waals surface area contributed by atoms with E-state index in [0.29, 0.717) is 19.2 Å². The first kappa shape index (κ1) is 22.6. The van der Waals surface area contributed by atoms with Gasteiger partial charge in [0.05, 0.1) is 6.10 Å². The number of amides is 1. The van der Waals surface area contributed by atoms with Crippen molar-refractivity contribution in [3.63, 3.8) is 0 Å². The van der Waals surface area contributed by atoms with Crippen LogP contribution < -0.4 is 9.80 Å². The summed E-state index contributed by atoms with van der Waals surface area (Å²) in [7, 11) is 0. The molecule has 1 aromatic heterocycles. The van der Waals surface area contributed by atoms with Gasteiger partial charge in [0.25, 0.3) is 5.91 Å². The summed E-state index contributed by atoms with van der Waals surface area (Å²) in [6.45, 7) is 8.88. The zero-order chi connectivity index (χ0) is 22.6. The Balaban J connectivity index is 1.10. The molecular weight excluding hydrogens is 484 g/mol. The van der Waals surface area contributed by atoms with Crippen molar-refractivity contribution < 1.29 is 9.53 Å². The highest BCUT2D eigenvalue weighted by molar-refractivity contribution is 9.10.